The molecule has 0 saturated heterocycles. The number of rotatable bonds is 0. The molecular formula is C7H3BBr2S. The third kappa shape index (κ3) is 1.58. The van der Waals surface area contributed by atoms with Crippen molar-refractivity contribution in [2.45, 2.75) is 0 Å². The molecule has 0 fully saturated rings. The summed E-state index contributed by atoms with van der Waals surface area (Å²) in [5, 5.41) is 1.29. The molecule has 0 spiro atoms. The summed E-state index contributed by atoms with van der Waals surface area (Å²) in [6, 6.07) is 6.31. The molecule has 0 saturated carbocycles. The third-order valence-corrected chi connectivity index (χ3v) is 3.56. The van der Waals surface area contributed by atoms with E-state index in [9.17, 15) is 0 Å². The predicted molar refractivity (Wildman–Crippen MR) is 58.6 cm³/mol. The zero-order valence-corrected chi connectivity index (χ0v) is 9.46. The van der Waals surface area contributed by atoms with Crippen molar-refractivity contribution >= 4 is 60.1 Å². The quantitative estimate of drug-likeness (QED) is 0.693. The Morgan fingerprint density at radius 1 is 1.27 bits per heavy atom. The van der Waals surface area contributed by atoms with Gasteiger partial charge in [-0.15, -0.1) is 0 Å². The van der Waals surface area contributed by atoms with Crippen molar-refractivity contribution < 1.29 is 0 Å². The van der Waals surface area contributed by atoms with Gasteiger partial charge in [-0.25, -0.2) is 0 Å². The first-order valence-electron chi connectivity index (χ1n) is 3.10. The molecule has 4 heteroatoms. The van der Waals surface area contributed by atoms with Crippen molar-refractivity contribution in [2.24, 2.45) is 0 Å². The SMILES string of the molecule is Brc1bc2cc(Br)sc2cc1. The maximum absolute atomic E-state index is 3.45. The summed E-state index contributed by atoms with van der Waals surface area (Å²) in [4.78, 5) is 0. The van der Waals surface area contributed by atoms with Crippen molar-refractivity contribution in [1.29, 1.82) is 0 Å². The van der Waals surface area contributed by atoms with Crippen LogP contribution in [0.25, 0.3) is 9.98 Å². The molecule has 2 heterocycles. The van der Waals surface area contributed by atoms with Gasteiger partial charge in [0, 0.05) is 0 Å². The molecule has 0 aliphatic rings. The predicted octanol–water partition coefficient (Wildman–Crippen LogP) is 3.76. The van der Waals surface area contributed by atoms with Gasteiger partial charge in [0.05, 0.1) is 0 Å². The molecule has 0 radical (unpaired) electrons. The van der Waals surface area contributed by atoms with Gasteiger partial charge in [-0.3, -0.25) is 0 Å². The number of halogens is 2. The van der Waals surface area contributed by atoms with E-state index in [1.165, 1.54) is 13.8 Å². The summed E-state index contributed by atoms with van der Waals surface area (Å²) in [5.74, 6) is 0. The van der Waals surface area contributed by atoms with Crippen LogP contribution >= 0.6 is 43.2 Å². The van der Waals surface area contributed by atoms with E-state index < -0.39 is 0 Å². The molecule has 0 unspecified atom stereocenters. The molecule has 0 N–H and O–H groups in total. The van der Waals surface area contributed by atoms with E-state index >= 15 is 0 Å². The van der Waals surface area contributed by atoms with E-state index in [1.54, 1.807) is 11.3 Å². The van der Waals surface area contributed by atoms with Gasteiger partial charge in [0.1, 0.15) is 0 Å². The molecule has 2 aromatic rings. The normalized spacial score (nSPS) is 10.4. The zero-order valence-electron chi connectivity index (χ0n) is 5.47. The van der Waals surface area contributed by atoms with Crippen molar-refractivity contribution in [2.75, 3.05) is 0 Å². The molecule has 2 rings (SSSR count). The number of hydrogen-bond donors (Lipinski definition) is 0. The van der Waals surface area contributed by atoms with Crippen LogP contribution in [0.5, 0.6) is 0 Å². The first-order valence-corrected chi connectivity index (χ1v) is 5.50. The zero-order chi connectivity index (χ0) is 7.84. The Bertz CT molecular complexity index is 396. The Morgan fingerprint density at radius 3 is 2.91 bits per heavy atom. The van der Waals surface area contributed by atoms with Crippen LogP contribution < -0.4 is 0 Å². The molecule has 0 nitrogen and oxygen atoms in total. The Kier molecular flexibility index (Phi) is 2.17. The summed E-state index contributed by atoms with van der Waals surface area (Å²) < 4.78 is 3.64. The van der Waals surface area contributed by atoms with E-state index in [4.69, 9.17) is 0 Å². The van der Waals surface area contributed by atoms with Gasteiger partial charge in [0.25, 0.3) is 0 Å². The van der Waals surface area contributed by atoms with Crippen molar-refractivity contribution in [3.05, 3.63) is 26.4 Å². The van der Waals surface area contributed by atoms with Crippen LogP contribution in [-0.4, -0.2) is 6.91 Å². The van der Waals surface area contributed by atoms with Crippen LogP contribution in [0.1, 0.15) is 0 Å². The van der Waals surface area contributed by atoms with E-state index in [1.807, 2.05) is 0 Å². The average molecular weight is 290 g/mol. The van der Waals surface area contributed by atoms with Crippen molar-refractivity contribution in [3.63, 3.8) is 0 Å². The van der Waals surface area contributed by atoms with Gasteiger partial charge in [0.15, 0.2) is 0 Å². The number of hydrogen-bond acceptors (Lipinski definition) is 1. The molecule has 0 aliphatic heterocycles. The third-order valence-electron chi connectivity index (χ3n) is 1.45. The second-order valence-electron chi connectivity index (χ2n) is 2.23. The van der Waals surface area contributed by atoms with Gasteiger partial charge in [-0.2, -0.15) is 0 Å². The molecule has 0 aromatic carbocycles. The Balaban J connectivity index is 2.82. The molecule has 0 aliphatic carbocycles. The van der Waals surface area contributed by atoms with Crippen molar-refractivity contribution in [1.82, 2.24) is 0 Å². The summed E-state index contributed by atoms with van der Waals surface area (Å²) in [6.45, 7) is 2.12. The molecule has 0 atom stereocenters. The second kappa shape index (κ2) is 3.00. The topological polar surface area (TPSA) is 0 Å². The summed E-state index contributed by atoms with van der Waals surface area (Å²) >= 11 is 8.64. The van der Waals surface area contributed by atoms with Gasteiger partial charge >= 0.3 is 86.4 Å². The maximum atomic E-state index is 3.45. The van der Waals surface area contributed by atoms with Gasteiger partial charge in [-0.1, -0.05) is 0 Å². The fourth-order valence-electron chi connectivity index (χ4n) is 0.982. The number of fused-ring (bicyclic) bond motifs is 1. The summed E-state index contributed by atoms with van der Waals surface area (Å²) in [5.41, 5.74) is 0. The molecule has 11 heavy (non-hydrogen) atoms. The summed E-state index contributed by atoms with van der Waals surface area (Å²) in [7, 11) is 0. The monoisotopic (exact) mass is 288 g/mol. The van der Waals surface area contributed by atoms with Crippen LogP contribution in [0.4, 0.5) is 0 Å². The van der Waals surface area contributed by atoms with E-state index in [-0.39, 0.29) is 0 Å². The Labute approximate surface area is 86.1 Å². The van der Waals surface area contributed by atoms with Gasteiger partial charge < -0.3 is 0 Å². The molecule has 2 aromatic heterocycles. The Hall–Kier alpha value is 0.335. The minimum atomic E-state index is 1.13. The van der Waals surface area contributed by atoms with Crippen LogP contribution in [0.15, 0.2) is 26.4 Å². The van der Waals surface area contributed by atoms with Crippen LogP contribution in [0.2, 0.25) is 0 Å². The standard InChI is InChI=1S/C7H3BBr2S/c9-6-2-1-5-4(8-6)3-7(10)11-5/h1-3H. The van der Waals surface area contributed by atoms with Crippen LogP contribution in [-0.2, 0) is 0 Å². The fraction of sp³-hybridized carbons (Fsp3) is 0. The van der Waals surface area contributed by atoms with Crippen molar-refractivity contribution in [3.8, 4) is 0 Å². The molecule has 54 valence electrons. The average Bonchev–Trinajstić information content (AvgIpc) is 2.27. The van der Waals surface area contributed by atoms with E-state index in [2.05, 4.69) is 57.0 Å². The second-order valence-corrected chi connectivity index (χ2v) is 5.61. The molecule has 0 bridgehead atoms. The van der Waals surface area contributed by atoms with E-state index in [0.717, 1.165) is 4.37 Å². The first-order chi connectivity index (χ1) is 5.25. The van der Waals surface area contributed by atoms with Crippen LogP contribution in [0, 0.1) is 0 Å². The molecule has 0 amide bonds. The fourth-order valence-corrected chi connectivity index (χ4v) is 2.90. The Morgan fingerprint density at radius 2 is 2.09 bits per heavy atom. The summed E-state index contributed by atoms with van der Waals surface area (Å²) in [6.07, 6.45) is 0. The van der Waals surface area contributed by atoms with Gasteiger partial charge in [0.2, 0.25) is 0 Å². The minimum absolute atomic E-state index is 1.13. The van der Waals surface area contributed by atoms with Gasteiger partial charge in [-0.05, 0) is 0 Å². The van der Waals surface area contributed by atoms with Crippen LogP contribution in [0.3, 0.4) is 0 Å². The number of thiophene rings is 1. The molecular weight excluding hydrogens is 287 g/mol. The first kappa shape index (κ1) is 7.96. The van der Waals surface area contributed by atoms with E-state index in [0.29, 0.717) is 0 Å².